The van der Waals surface area contributed by atoms with Gasteiger partial charge in [0.2, 0.25) is 0 Å². The number of nitriles is 1. The Bertz CT molecular complexity index is 725. The quantitative estimate of drug-likeness (QED) is 0.943. The number of aromatic nitrogens is 2. The van der Waals surface area contributed by atoms with E-state index in [9.17, 15) is 5.26 Å². The van der Waals surface area contributed by atoms with Crippen LogP contribution in [0.1, 0.15) is 17.7 Å². The van der Waals surface area contributed by atoms with E-state index in [-0.39, 0.29) is 0 Å². The zero-order chi connectivity index (χ0) is 15.5. The van der Waals surface area contributed by atoms with E-state index in [4.69, 9.17) is 11.6 Å². The van der Waals surface area contributed by atoms with Crippen LogP contribution in [0.3, 0.4) is 0 Å². The number of hydrogen-bond donors (Lipinski definition) is 1. The number of nitrogens with one attached hydrogen (secondary N) is 1. The smallest absolute Gasteiger partial charge is 0.129 e. The standard InChI is InChI=1S/C16H16ClN5/c1-11-7-16(20-10-19-11)21-12-5-6-22(9-12)15-4-2-3-14(17)13(15)8-18/h2-4,7,10,12H,5-6,9H2,1H3,(H,19,20,21). The van der Waals surface area contributed by atoms with Gasteiger partial charge in [-0.1, -0.05) is 17.7 Å². The monoisotopic (exact) mass is 313 g/mol. The first-order valence-corrected chi connectivity index (χ1v) is 7.54. The molecule has 112 valence electrons. The molecule has 6 heteroatoms. The minimum absolute atomic E-state index is 0.292. The lowest BCUT2D eigenvalue weighted by Gasteiger charge is -2.21. The summed E-state index contributed by atoms with van der Waals surface area (Å²) in [6.45, 7) is 3.65. The van der Waals surface area contributed by atoms with Crippen molar-refractivity contribution in [2.24, 2.45) is 0 Å². The predicted octanol–water partition coefficient (Wildman–Crippen LogP) is 3.00. The third kappa shape index (κ3) is 2.97. The zero-order valence-electron chi connectivity index (χ0n) is 12.3. The first kappa shape index (κ1) is 14.6. The number of hydrogen-bond acceptors (Lipinski definition) is 5. The fourth-order valence-corrected chi connectivity index (χ4v) is 2.94. The van der Waals surface area contributed by atoms with Crippen LogP contribution in [0.15, 0.2) is 30.6 Å². The summed E-state index contributed by atoms with van der Waals surface area (Å²) in [5, 5.41) is 13.2. The summed E-state index contributed by atoms with van der Waals surface area (Å²) in [6.07, 6.45) is 2.55. The molecular formula is C16H16ClN5. The summed E-state index contributed by atoms with van der Waals surface area (Å²) < 4.78 is 0. The number of anilines is 2. The summed E-state index contributed by atoms with van der Waals surface area (Å²) >= 11 is 6.11. The minimum Gasteiger partial charge on any atom is -0.368 e. The van der Waals surface area contributed by atoms with Crippen LogP contribution < -0.4 is 10.2 Å². The Morgan fingerprint density at radius 3 is 3.05 bits per heavy atom. The first-order valence-electron chi connectivity index (χ1n) is 7.16. The van der Waals surface area contributed by atoms with Gasteiger partial charge in [-0.05, 0) is 25.5 Å². The van der Waals surface area contributed by atoms with Crippen molar-refractivity contribution in [1.82, 2.24) is 9.97 Å². The van der Waals surface area contributed by atoms with E-state index in [1.165, 1.54) is 0 Å². The van der Waals surface area contributed by atoms with Crippen LogP contribution in [0, 0.1) is 18.3 Å². The van der Waals surface area contributed by atoms with Gasteiger partial charge in [0.15, 0.2) is 0 Å². The molecule has 0 saturated carbocycles. The molecule has 5 nitrogen and oxygen atoms in total. The fourth-order valence-electron chi connectivity index (χ4n) is 2.73. The first-order chi connectivity index (χ1) is 10.7. The van der Waals surface area contributed by atoms with Crippen molar-refractivity contribution in [2.45, 2.75) is 19.4 Å². The van der Waals surface area contributed by atoms with E-state index in [0.29, 0.717) is 16.6 Å². The molecule has 1 unspecified atom stereocenters. The molecule has 2 heterocycles. The molecule has 1 aliphatic heterocycles. The molecule has 0 amide bonds. The third-order valence-electron chi connectivity index (χ3n) is 3.79. The van der Waals surface area contributed by atoms with Crippen molar-refractivity contribution in [3.8, 4) is 6.07 Å². The maximum atomic E-state index is 9.30. The minimum atomic E-state index is 0.292. The van der Waals surface area contributed by atoms with Crippen molar-refractivity contribution in [3.05, 3.63) is 46.9 Å². The number of rotatable bonds is 3. The van der Waals surface area contributed by atoms with Crippen molar-refractivity contribution in [3.63, 3.8) is 0 Å². The van der Waals surface area contributed by atoms with E-state index >= 15 is 0 Å². The molecule has 0 spiro atoms. The molecule has 1 atom stereocenters. The van der Waals surface area contributed by atoms with Crippen LogP contribution in [0.4, 0.5) is 11.5 Å². The van der Waals surface area contributed by atoms with E-state index in [1.807, 2.05) is 25.1 Å². The van der Waals surface area contributed by atoms with Gasteiger partial charge in [-0.2, -0.15) is 5.26 Å². The highest BCUT2D eigenvalue weighted by molar-refractivity contribution is 6.32. The second-order valence-electron chi connectivity index (χ2n) is 5.37. The molecule has 1 aromatic heterocycles. The maximum absolute atomic E-state index is 9.30. The highest BCUT2D eigenvalue weighted by Gasteiger charge is 2.25. The van der Waals surface area contributed by atoms with Gasteiger partial charge >= 0.3 is 0 Å². The van der Waals surface area contributed by atoms with E-state index in [0.717, 1.165) is 36.7 Å². The van der Waals surface area contributed by atoms with E-state index < -0.39 is 0 Å². The van der Waals surface area contributed by atoms with Gasteiger partial charge in [-0.25, -0.2) is 9.97 Å². The molecule has 1 fully saturated rings. The third-order valence-corrected chi connectivity index (χ3v) is 4.10. The Balaban J connectivity index is 1.73. The maximum Gasteiger partial charge on any atom is 0.129 e. The van der Waals surface area contributed by atoms with Crippen molar-refractivity contribution >= 4 is 23.1 Å². The zero-order valence-corrected chi connectivity index (χ0v) is 13.0. The predicted molar refractivity (Wildman–Crippen MR) is 87.2 cm³/mol. The Hall–Kier alpha value is -2.32. The van der Waals surface area contributed by atoms with Gasteiger partial charge in [0.05, 0.1) is 16.3 Å². The topological polar surface area (TPSA) is 64.8 Å². The Morgan fingerprint density at radius 2 is 2.27 bits per heavy atom. The van der Waals surface area contributed by atoms with Gasteiger partial charge < -0.3 is 10.2 Å². The lowest BCUT2D eigenvalue weighted by atomic mass is 10.2. The molecule has 0 aliphatic carbocycles. The summed E-state index contributed by atoms with van der Waals surface area (Å²) in [7, 11) is 0. The second kappa shape index (κ2) is 6.20. The second-order valence-corrected chi connectivity index (χ2v) is 5.77. The van der Waals surface area contributed by atoms with Gasteiger partial charge in [0.1, 0.15) is 18.2 Å². The van der Waals surface area contributed by atoms with Crippen LogP contribution in [0.2, 0.25) is 5.02 Å². The Morgan fingerprint density at radius 1 is 1.41 bits per heavy atom. The number of halogens is 1. The summed E-state index contributed by atoms with van der Waals surface area (Å²) in [5.74, 6) is 0.839. The number of benzene rings is 1. The van der Waals surface area contributed by atoms with Gasteiger partial charge in [0, 0.05) is 30.9 Å². The molecule has 0 bridgehead atoms. The average Bonchev–Trinajstić information content (AvgIpc) is 2.95. The normalized spacial score (nSPS) is 17.3. The molecule has 1 aromatic carbocycles. The number of nitrogens with zero attached hydrogens (tertiary/aromatic N) is 4. The Labute approximate surface area is 134 Å². The van der Waals surface area contributed by atoms with Crippen molar-refractivity contribution < 1.29 is 0 Å². The lowest BCUT2D eigenvalue weighted by molar-refractivity contribution is 0.798. The van der Waals surface area contributed by atoms with Crippen LogP contribution in [0.25, 0.3) is 0 Å². The fraction of sp³-hybridized carbons (Fsp3) is 0.312. The van der Waals surface area contributed by atoms with Crippen LogP contribution in [-0.2, 0) is 0 Å². The highest BCUT2D eigenvalue weighted by Crippen LogP contribution is 2.29. The molecule has 1 saturated heterocycles. The largest absolute Gasteiger partial charge is 0.368 e. The van der Waals surface area contributed by atoms with Crippen LogP contribution in [0.5, 0.6) is 0 Å². The average molecular weight is 314 g/mol. The SMILES string of the molecule is Cc1cc(NC2CCN(c3cccc(Cl)c3C#N)C2)ncn1. The summed E-state index contributed by atoms with van der Waals surface area (Å²) in [6, 6.07) is 10.0. The Kier molecular flexibility index (Phi) is 4.12. The van der Waals surface area contributed by atoms with Crippen LogP contribution >= 0.6 is 11.6 Å². The molecule has 1 aliphatic rings. The molecule has 0 radical (unpaired) electrons. The molecule has 3 rings (SSSR count). The summed E-state index contributed by atoms with van der Waals surface area (Å²) in [5.41, 5.74) is 2.38. The number of aryl methyl sites for hydroxylation is 1. The summed E-state index contributed by atoms with van der Waals surface area (Å²) in [4.78, 5) is 10.5. The lowest BCUT2D eigenvalue weighted by Crippen LogP contribution is -2.26. The highest BCUT2D eigenvalue weighted by atomic mass is 35.5. The molecular weight excluding hydrogens is 298 g/mol. The van der Waals surface area contributed by atoms with Gasteiger partial charge in [-0.3, -0.25) is 0 Å². The van der Waals surface area contributed by atoms with Crippen molar-refractivity contribution in [1.29, 1.82) is 5.26 Å². The molecule has 2 aromatic rings. The van der Waals surface area contributed by atoms with E-state index in [2.05, 4.69) is 26.3 Å². The van der Waals surface area contributed by atoms with Gasteiger partial charge in [0.25, 0.3) is 0 Å². The molecule has 22 heavy (non-hydrogen) atoms. The van der Waals surface area contributed by atoms with Gasteiger partial charge in [-0.15, -0.1) is 0 Å². The van der Waals surface area contributed by atoms with Crippen molar-refractivity contribution in [2.75, 3.05) is 23.3 Å². The van der Waals surface area contributed by atoms with E-state index in [1.54, 1.807) is 12.4 Å². The van der Waals surface area contributed by atoms with Crippen LogP contribution in [-0.4, -0.2) is 29.1 Å². The molecule has 1 N–H and O–H groups in total.